The molecule has 1 aliphatic heterocycles. The molecule has 45 heavy (non-hydrogen) atoms. The molecule has 0 atom stereocenters. The van der Waals surface area contributed by atoms with Crippen LogP contribution in [0.2, 0.25) is 0 Å². The number of pyridine rings is 1. The van der Waals surface area contributed by atoms with E-state index in [1.807, 2.05) is 38.3 Å². The minimum absolute atomic E-state index is 0.0488. The van der Waals surface area contributed by atoms with E-state index >= 15 is 0 Å². The molecule has 10 nitrogen and oxygen atoms in total. The van der Waals surface area contributed by atoms with Crippen molar-refractivity contribution in [2.45, 2.75) is 78.2 Å². The summed E-state index contributed by atoms with van der Waals surface area (Å²) in [5.41, 5.74) is 4.12. The summed E-state index contributed by atoms with van der Waals surface area (Å²) in [6.45, 7) is 11.4. The van der Waals surface area contributed by atoms with E-state index < -0.39 is 0 Å². The van der Waals surface area contributed by atoms with Gasteiger partial charge in [-0.05, 0) is 66.7 Å². The van der Waals surface area contributed by atoms with Gasteiger partial charge in [0.2, 0.25) is 0 Å². The summed E-state index contributed by atoms with van der Waals surface area (Å²) in [5.74, 6) is 1.95. The van der Waals surface area contributed by atoms with Gasteiger partial charge in [0.05, 0.1) is 31.0 Å². The second-order valence-electron chi connectivity index (χ2n) is 13.1. The minimum Gasteiger partial charge on any atom is -0.467 e. The van der Waals surface area contributed by atoms with E-state index in [1.54, 1.807) is 23.5 Å². The molecule has 0 spiro atoms. The number of amides is 1. The van der Waals surface area contributed by atoms with Crippen LogP contribution in [0.15, 0.2) is 53.0 Å². The van der Waals surface area contributed by atoms with Crippen LogP contribution in [0, 0.1) is 11.8 Å². The predicted molar refractivity (Wildman–Crippen MR) is 176 cm³/mol. The number of hydrogen-bond donors (Lipinski definition) is 0. The molecule has 0 saturated heterocycles. The van der Waals surface area contributed by atoms with Gasteiger partial charge in [0.25, 0.3) is 0 Å². The Hall–Kier alpha value is -3.92. The van der Waals surface area contributed by atoms with Crippen LogP contribution in [-0.2, 0) is 16.6 Å². The number of ether oxygens (including phenoxy) is 2. The van der Waals surface area contributed by atoms with Gasteiger partial charge in [-0.25, -0.2) is 29.7 Å². The van der Waals surface area contributed by atoms with Crippen molar-refractivity contribution in [3.63, 3.8) is 0 Å². The van der Waals surface area contributed by atoms with Crippen molar-refractivity contribution in [2.75, 3.05) is 25.2 Å². The van der Waals surface area contributed by atoms with Crippen molar-refractivity contribution in [3.8, 4) is 17.1 Å². The highest BCUT2D eigenvalue weighted by Crippen LogP contribution is 2.34. The van der Waals surface area contributed by atoms with Crippen molar-refractivity contribution in [2.24, 2.45) is 16.8 Å². The second-order valence-corrected chi connectivity index (χ2v) is 13.5. The van der Waals surface area contributed by atoms with E-state index in [4.69, 9.17) is 31.0 Å². The number of rotatable bonds is 9. The maximum absolute atomic E-state index is 13.5. The number of carbonyl (C=O) groups is 1. The highest BCUT2D eigenvalue weighted by Gasteiger charge is 2.33. The molecule has 2 aliphatic rings. The summed E-state index contributed by atoms with van der Waals surface area (Å²) < 4.78 is 10.8. The molecular formula is C34H42ClN7O3. The smallest absolute Gasteiger partial charge is 0.415 e. The Bertz CT molecular complexity index is 1560. The van der Waals surface area contributed by atoms with E-state index in [0.717, 1.165) is 66.0 Å². The molecule has 1 aliphatic carbocycles. The summed E-state index contributed by atoms with van der Waals surface area (Å²) in [4.78, 5) is 42.7. The number of nitrogens with zero attached hydrogens (tertiary/aromatic N) is 7. The molecule has 4 heterocycles. The van der Waals surface area contributed by atoms with E-state index in [9.17, 15) is 4.79 Å². The van der Waals surface area contributed by atoms with Crippen LogP contribution >= 0.6 is 11.6 Å². The molecule has 0 N–H and O–H groups in total. The van der Waals surface area contributed by atoms with Crippen molar-refractivity contribution in [3.05, 3.63) is 65.1 Å². The van der Waals surface area contributed by atoms with E-state index in [1.165, 1.54) is 7.11 Å². The molecule has 1 amide bonds. The average Bonchev–Trinajstić information content (AvgIpc) is 3.46. The molecule has 1 fully saturated rings. The number of hydrogen-bond acceptors (Lipinski definition) is 9. The van der Waals surface area contributed by atoms with Crippen LogP contribution in [0.1, 0.15) is 77.4 Å². The van der Waals surface area contributed by atoms with Crippen molar-refractivity contribution < 1.29 is 14.3 Å². The normalized spacial score (nSPS) is 18.4. The molecule has 11 heteroatoms. The molecule has 0 unspecified atom stereocenters. The third kappa shape index (κ3) is 7.84. The van der Waals surface area contributed by atoms with Gasteiger partial charge >= 0.3 is 12.1 Å². The monoisotopic (exact) mass is 631 g/mol. The number of halogens is 1. The predicted octanol–water partition coefficient (Wildman–Crippen LogP) is 6.96. The summed E-state index contributed by atoms with van der Waals surface area (Å²) in [6, 6.07) is 4.02. The summed E-state index contributed by atoms with van der Waals surface area (Å²) in [6.07, 6.45) is 12.8. The lowest BCUT2D eigenvalue weighted by molar-refractivity contribution is 0.134. The molecule has 0 radical (unpaired) electrons. The Labute approximate surface area is 270 Å². The Morgan fingerprint density at radius 1 is 1.04 bits per heavy atom. The van der Waals surface area contributed by atoms with Gasteiger partial charge in [0, 0.05) is 48.4 Å². The van der Waals surface area contributed by atoms with E-state index in [-0.39, 0.29) is 23.5 Å². The van der Waals surface area contributed by atoms with Crippen LogP contribution < -0.4 is 9.64 Å². The summed E-state index contributed by atoms with van der Waals surface area (Å²) >= 11 is 6.51. The zero-order chi connectivity index (χ0) is 32.1. The summed E-state index contributed by atoms with van der Waals surface area (Å²) in [5, 5.41) is 0.646. The largest absolute Gasteiger partial charge is 0.467 e. The molecule has 3 aromatic heterocycles. The quantitative estimate of drug-likeness (QED) is 0.249. The van der Waals surface area contributed by atoms with E-state index in [2.05, 4.69) is 40.7 Å². The van der Waals surface area contributed by atoms with Gasteiger partial charge in [0.1, 0.15) is 17.4 Å². The maximum Gasteiger partial charge on any atom is 0.415 e. The fourth-order valence-corrected chi connectivity index (χ4v) is 5.94. The molecule has 0 bridgehead atoms. The van der Waals surface area contributed by atoms with Gasteiger partial charge in [-0.3, -0.25) is 9.89 Å². The fraction of sp³-hybridized carbons (Fsp3) is 0.500. The minimum atomic E-state index is -0.379. The van der Waals surface area contributed by atoms with E-state index in [0.29, 0.717) is 35.9 Å². The molecule has 238 valence electrons. The van der Waals surface area contributed by atoms with Gasteiger partial charge in [-0.1, -0.05) is 46.2 Å². The first-order valence-corrected chi connectivity index (χ1v) is 16.0. The van der Waals surface area contributed by atoms with Crippen LogP contribution in [0.4, 0.5) is 10.6 Å². The Morgan fingerprint density at radius 3 is 2.40 bits per heavy atom. The molecule has 3 aromatic rings. The Kier molecular flexibility index (Phi) is 10.1. The van der Waals surface area contributed by atoms with Gasteiger partial charge in [-0.2, -0.15) is 0 Å². The lowest BCUT2D eigenvalue weighted by Gasteiger charge is -2.36. The maximum atomic E-state index is 13.5. The van der Waals surface area contributed by atoms with Gasteiger partial charge in [0.15, 0.2) is 0 Å². The topological polar surface area (TPSA) is 116 Å². The van der Waals surface area contributed by atoms with Crippen molar-refractivity contribution in [1.29, 1.82) is 0 Å². The molecular weight excluding hydrogens is 590 g/mol. The molecule has 1 saturated carbocycles. The Morgan fingerprint density at radius 2 is 1.78 bits per heavy atom. The van der Waals surface area contributed by atoms with Crippen LogP contribution in [0.25, 0.3) is 11.1 Å². The number of allylic oxidation sites excluding steroid dienone is 1. The lowest BCUT2D eigenvalue weighted by atomic mass is 9.83. The Balaban J connectivity index is 1.33. The lowest BCUT2D eigenvalue weighted by Crippen LogP contribution is -2.44. The van der Waals surface area contributed by atoms with Gasteiger partial charge < -0.3 is 9.47 Å². The second kappa shape index (κ2) is 14.0. The first-order valence-electron chi connectivity index (χ1n) is 15.6. The zero-order valence-corrected chi connectivity index (χ0v) is 27.7. The molecule has 5 rings (SSSR count). The van der Waals surface area contributed by atoms with Crippen LogP contribution in [0.5, 0.6) is 6.01 Å². The third-order valence-electron chi connectivity index (χ3n) is 8.14. The molecule has 0 aromatic carbocycles. The van der Waals surface area contributed by atoms with Crippen LogP contribution in [-0.4, -0.2) is 63.0 Å². The average molecular weight is 632 g/mol. The van der Waals surface area contributed by atoms with Crippen LogP contribution in [0.3, 0.4) is 0 Å². The number of aromatic nitrogens is 5. The number of carbonyl (C=O) groups excluding carboxylic acids is 1. The number of anilines is 1. The third-order valence-corrected chi connectivity index (χ3v) is 8.48. The SMILES string of the molecule is COc1ncc(-c2ccnc(N(C(=O)OCC(C)C)C3CCC(Cc4ncc(C(C)(C)C)c(C5=NCC=C5Cl)n4)CC3)c2)cn1. The zero-order valence-electron chi connectivity index (χ0n) is 27.0. The number of aliphatic imine (C=N–C) groups is 1. The first kappa shape index (κ1) is 32.5. The summed E-state index contributed by atoms with van der Waals surface area (Å²) in [7, 11) is 1.53. The van der Waals surface area contributed by atoms with Crippen molar-refractivity contribution in [1.82, 2.24) is 24.9 Å². The first-order chi connectivity index (χ1) is 21.5. The highest BCUT2D eigenvalue weighted by atomic mass is 35.5. The van der Waals surface area contributed by atoms with Crippen molar-refractivity contribution >= 4 is 29.2 Å². The number of methoxy groups -OCH3 is 1. The standard InChI is InChI=1S/C34H42ClN7O3/c1-21(2)20-45-33(43)42(29-16-23(11-13-36-29)24-17-39-32(44-6)40-18-24)25-9-7-22(8-10-25)15-28-38-19-26(34(3,4)5)30(41-28)31-27(35)12-14-37-31/h11-13,16-19,21-22,25H,7-10,14-15,20H2,1-6H3. The highest BCUT2D eigenvalue weighted by molar-refractivity contribution is 6.46. The van der Waals surface area contributed by atoms with Gasteiger partial charge in [-0.15, -0.1) is 0 Å². The fourth-order valence-electron chi connectivity index (χ4n) is 5.73.